The predicted molar refractivity (Wildman–Crippen MR) is 143 cm³/mol. The molecule has 0 radical (unpaired) electrons. The molecular formula is C27H57NO5P+. The first-order chi connectivity index (χ1) is 16.3. The van der Waals surface area contributed by atoms with Crippen LogP contribution in [0.15, 0.2) is 0 Å². The normalized spacial score (nSPS) is 14.3. The first-order valence-electron chi connectivity index (χ1n) is 14.2. The van der Waals surface area contributed by atoms with Crippen LogP contribution >= 0.6 is 7.60 Å². The van der Waals surface area contributed by atoms with Crippen molar-refractivity contribution in [3.63, 3.8) is 0 Å². The van der Waals surface area contributed by atoms with Gasteiger partial charge in [-0.05, 0) is 12.8 Å². The summed E-state index contributed by atoms with van der Waals surface area (Å²) in [6.45, 7) is 4.47. The van der Waals surface area contributed by atoms with Crippen LogP contribution in [0, 0.1) is 0 Å². The number of rotatable bonds is 25. The van der Waals surface area contributed by atoms with E-state index in [9.17, 15) is 14.3 Å². The number of esters is 1. The van der Waals surface area contributed by atoms with Gasteiger partial charge in [0.05, 0.1) is 33.4 Å². The highest BCUT2D eigenvalue weighted by Crippen LogP contribution is 2.42. The summed E-state index contributed by atoms with van der Waals surface area (Å²) in [7, 11) is 0.397. The summed E-state index contributed by atoms with van der Waals surface area (Å²) in [5, 5.41) is 0. The Hall–Kier alpha value is -0.420. The van der Waals surface area contributed by atoms with Gasteiger partial charge < -0.3 is 19.1 Å². The van der Waals surface area contributed by atoms with Crippen molar-refractivity contribution in [3.8, 4) is 0 Å². The van der Waals surface area contributed by atoms with Crippen molar-refractivity contribution in [3.05, 3.63) is 0 Å². The van der Waals surface area contributed by atoms with E-state index in [2.05, 4.69) is 6.92 Å². The van der Waals surface area contributed by atoms with Crippen molar-refractivity contribution in [2.24, 2.45) is 0 Å². The summed E-state index contributed by atoms with van der Waals surface area (Å²) >= 11 is 0. The highest BCUT2D eigenvalue weighted by molar-refractivity contribution is 7.52. The van der Waals surface area contributed by atoms with E-state index >= 15 is 0 Å². The van der Waals surface area contributed by atoms with Gasteiger partial charge in [-0.2, -0.15) is 0 Å². The highest BCUT2D eigenvalue weighted by atomic mass is 31.2. The molecule has 2 atom stereocenters. The van der Waals surface area contributed by atoms with Crippen LogP contribution in [0.1, 0.15) is 129 Å². The monoisotopic (exact) mass is 506 g/mol. The van der Waals surface area contributed by atoms with Gasteiger partial charge in [0.1, 0.15) is 6.10 Å². The second-order valence-corrected chi connectivity index (χ2v) is 12.3. The maximum atomic E-state index is 12.2. The first kappa shape index (κ1) is 33.6. The van der Waals surface area contributed by atoms with Gasteiger partial charge in [0.15, 0.2) is 0 Å². The molecule has 0 aliphatic rings. The van der Waals surface area contributed by atoms with E-state index in [4.69, 9.17) is 9.26 Å². The van der Waals surface area contributed by atoms with E-state index in [-0.39, 0.29) is 18.7 Å². The van der Waals surface area contributed by atoms with Crippen molar-refractivity contribution >= 4 is 13.6 Å². The average Bonchev–Trinajstić information content (AvgIpc) is 2.76. The summed E-state index contributed by atoms with van der Waals surface area (Å²) in [6.07, 6.45) is 22.1. The SMILES string of the molecule is CCCCCCCCCCCCCCCCCCC(COP(=O)(O)CCC[NH+](C)C)OC(C)=O. The largest absolute Gasteiger partial charge is 0.460 e. The van der Waals surface area contributed by atoms with Gasteiger partial charge in [0.25, 0.3) is 0 Å². The van der Waals surface area contributed by atoms with Crippen LogP contribution < -0.4 is 4.90 Å². The molecule has 0 aliphatic heterocycles. The van der Waals surface area contributed by atoms with Crippen LogP contribution in [0.4, 0.5) is 0 Å². The Morgan fingerprint density at radius 1 is 0.794 bits per heavy atom. The predicted octanol–water partition coefficient (Wildman–Crippen LogP) is 6.31. The molecule has 0 bridgehead atoms. The third kappa shape index (κ3) is 24.7. The Labute approximate surface area is 211 Å². The zero-order chi connectivity index (χ0) is 25.5. The number of unbranched alkanes of at least 4 members (excludes halogenated alkanes) is 15. The standard InChI is InChI=1S/C27H56NO5P/c1-5-6-7-8-9-10-11-12-13-14-15-16-17-18-19-20-22-27(33-26(2)29)25-32-34(30,31)24-21-23-28(3)4/h27H,5-25H2,1-4H3,(H,30,31)/p+1. The zero-order valence-corrected chi connectivity index (χ0v) is 23.8. The van der Waals surface area contributed by atoms with Gasteiger partial charge in [-0.3, -0.25) is 9.36 Å². The molecule has 34 heavy (non-hydrogen) atoms. The van der Waals surface area contributed by atoms with Gasteiger partial charge in [-0.1, -0.05) is 103 Å². The second kappa shape index (κ2) is 23.0. The maximum Gasteiger partial charge on any atom is 0.328 e. The fourth-order valence-electron chi connectivity index (χ4n) is 4.23. The third-order valence-electron chi connectivity index (χ3n) is 6.29. The van der Waals surface area contributed by atoms with Crippen LogP contribution in [0.5, 0.6) is 0 Å². The Balaban J connectivity index is 3.72. The van der Waals surface area contributed by atoms with Crippen molar-refractivity contribution in [1.29, 1.82) is 0 Å². The Morgan fingerprint density at radius 2 is 1.24 bits per heavy atom. The topological polar surface area (TPSA) is 77.3 Å². The smallest absolute Gasteiger partial charge is 0.328 e. The lowest BCUT2D eigenvalue weighted by molar-refractivity contribution is -0.858. The van der Waals surface area contributed by atoms with Crippen molar-refractivity contribution in [1.82, 2.24) is 0 Å². The molecule has 0 rings (SSSR count). The zero-order valence-electron chi connectivity index (χ0n) is 23.0. The number of ether oxygens (including phenoxy) is 1. The molecule has 0 aliphatic carbocycles. The van der Waals surface area contributed by atoms with Crippen LogP contribution in [0.25, 0.3) is 0 Å². The van der Waals surface area contributed by atoms with E-state index in [0.717, 1.165) is 19.4 Å². The van der Waals surface area contributed by atoms with Gasteiger partial charge in [0.2, 0.25) is 0 Å². The van der Waals surface area contributed by atoms with Crippen molar-refractivity contribution < 1.29 is 28.4 Å². The second-order valence-electron chi connectivity index (χ2n) is 10.3. The molecule has 2 unspecified atom stereocenters. The molecule has 0 saturated heterocycles. The number of carbonyl (C=O) groups excluding carboxylic acids is 1. The van der Waals surface area contributed by atoms with Crippen LogP contribution in [0.2, 0.25) is 0 Å². The molecule has 7 heteroatoms. The van der Waals surface area contributed by atoms with E-state index < -0.39 is 13.7 Å². The molecule has 0 aromatic carbocycles. The van der Waals surface area contributed by atoms with Gasteiger partial charge in [0, 0.05) is 13.3 Å². The van der Waals surface area contributed by atoms with Crippen molar-refractivity contribution in [2.75, 3.05) is 33.4 Å². The average molecular weight is 507 g/mol. The van der Waals surface area contributed by atoms with E-state index in [1.54, 1.807) is 0 Å². The van der Waals surface area contributed by atoms with Crippen LogP contribution in [0.3, 0.4) is 0 Å². The molecule has 6 nitrogen and oxygen atoms in total. The quantitative estimate of drug-likeness (QED) is 0.0862. The summed E-state index contributed by atoms with van der Waals surface area (Å²) in [5.41, 5.74) is 0. The number of quaternary nitrogens is 1. The number of hydrogen-bond donors (Lipinski definition) is 2. The minimum absolute atomic E-state index is 0.000912. The summed E-state index contributed by atoms with van der Waals surface area (Å²) in [4.78, 5) is 22.6. The third-order valence-corrected chi connectivity index (χ3v) is 7.73. The molecule has 0 aromatic heterocycles. The molecule has 0 aromatic rings. The fourth-order valence-corrected chi connectivity index (χ4v) is 5.31. The lowest BCUT2D eigenvalue weighted by Gasteiger charge is -2.19. The Bertz CT molecular complexity index is 515. The minimum atomic E-state index is -3.63. The molecule has 0 heterocycles. The number of nitrogens with one attached hydrogen (secondary N) is 1. The number of hydrogen-bond acceptors (Lipinski definition) is 4. The minimum Gasteiger partial charge on any atom is -0.460 e. The van der Waals surface area contributed by atoms with Gasteiger partial charge in [-0.25, -0.2) is 0 Å². The molecule has 2 N–H and O–H groups in total. The molecule has 0 spiro atoms. The lowest BCUT2D eigenvalue weighted by atomic mass is 10.0. The summed E-state index contributed by atoms with van der Waals surface area (Å²) in [5.74, 6) is -0.367. The van der Waals surface area contributed by atoms with Gasteiger partial charge >= 0.3 is 13.6 Å². The summed E-state index contributed by atoms with van der Waals surface area (Å²) in [6, 6.07) is 0. The molecular weight excluding hydrogens is 449 g/mol. The Kier molecular flexibility index (Phi) is 22.7. The van der Waals surface area contributed by atoms with E-state index in [0.29, 0.717) is 12.8 Å². The molecule has 0 saturated carbocycles. The fraction of sp³-hybridized carbons (Fsp3) is 0.963. The molecule has 204 valence electrons. The number of carbonyl (C=O) groups is 1. The first-order valence-corrected chi connectivity index (χ1v) is 16.0. The lowest BCUT2D eigenvalue weighted by Crippen LogP contribution is -3.05. The summed E-state index contributed by atoms with van der Waals surface area (Å²) < 4.78 is 22.8. The molecule has 0 amide bonds. The highest BCUT2D eigenvalue weighted by Gasteiger charge is 2.23. The van der Waals surface area contributed by atoms with Gasteiger partial charge in [-0.15, -0.1) is 0 Å². The molecule has 0 fully saturated rings. The Morgan fingerprint density at radius 3 is 1.65 bits per heavy atom. The van der Waals surface area contributed by atoms with E-state index in [1.165, 1.54) is 102 Å². The van der Waals surface area contributed by atoms with Crippen LogP contribution in [-0.2, 0) is 18.6 Å². The van der Waals surface area contributed by atoms with Crippen molar-refractivity contribution in [2.45, 2.75) is 136 Å². The maximum absolute atomic E-state index is 12.2. The van der Waals surface area contributed by atoms with E-state index in [1.807, 2.05) is 14.1 Å². The van der Waals surface area contributed by atoms with Crippen LogP contribution in [-0.4, -0.2) is 50.4 Å².